The topological polar surface area (TPSA) is 55.7 Å². The zero-order valence-corrected chi connectivity index (χ0v) is 5.68. The molecule has 0 aliphatic heterocycles. The Morgan fingerprint density at radius 2 is 2.56 bits per heavy atom. The number of nitrogens with zero attached hydrogens (tertiary/aromatic N) is 3. The highest BCUT2D eigenvalue weighted by Crippen LogP contribution is 1.97. The molecule has 0 spiro atoms. The molecule has 48 valence electrons. The summed E-state index contributed by atoms with van der Waals surface area (Å²) < 4.78 is 3.50. The Labute approximate surface area is 56.1 Å². The molecule has 0 unspecified atom stereocenters. The average molecular weight is 143 g/mol. The normalized spacial score (nSPS) is 9.44. The molecule has 0 N–H and O–H groups in total. The van der Waals surface area contributed by atoms with Crippen molar-refractivity contribution < 1.29 is 4.79 Å². The van der Waals surface area contributed by atoms with Crippen molar-refractivity contribution in [2.24, 2.45) is 0 Å². The van der Waals surface area contributed by atoms with Gasteiger partial charge in [-0.2, -0.15) is 0 Å². The second-order valence-electron chi connectivity index (χ2n) is 1.63. The maximum atomic E-state index is 10.4. The fourth-order valence-electron chi connectivity index (χ4n) is 0.432. The summed E-state index contributed by atoms with van der Waals surface area (Å²) >= 11 is 1.16. The van der Waals surface area contributed by atoms with Crippen LogP contribution in [-0.2, 0) is 11.2 Å². The molecular formula is C4H5N3OS. The van der Waals surface area contributed by atoms with Gasteiger partial charge in [-0.25, -0.2) is 0 Å². The quantitative estimate of drug-likeness (QED) is 0.587. The highest BCUT2D eigenvalue weighted by molar-refractivity contribution is 7.05. The maximum Gasteiger partial charge on any atom is 0.145 e. The maximum absolute atomic E-state index is 10.4. The molecule has 0 saturated carbocycles. The molecule has 0 aromatic carbocycles. The summed E-state index contributed by atoms with van der Waals surface area (Å²) in [6.07, 6.45) is 0.359. The van der Waals surface area contributed by atoms with Gasteiger partial charge in [0, 0.05) is 11.5 Å². The minimum atomic E-state index is 0.0913. The number of aromatic nitrogens is 3. The molecule has 9 heavy (non-hydrogen) atoms. The molecule has 0 amide bonds. The van der Waals surface area contributed by atoms with Crippen molar-refractivity contribution in [3.8, 4) is 0 Å². The SMILES string of the molecule is CC(=O)Cc1nnns1. The third-order valence-electron chi connectivity index (χ3n) is 0.739. The van der Waals surface area contributed by atoms with Gasteiger partial charge in [0.15, 0.2) is 0 Å². The third-order valence-corrected chi connectivity index (χ3v) is 1.33. The minimum absolute atomic E-state index is 0.0913. The molecule has 1 rings (SSSR count). The number of carbonyl (C=O) groups excluding carboxylic acids is 1. The Morgan fingerprint density at radius 3 is 3.00 bits per heavy atom. The molecule has 0 radical (unpaired) electrons. The largest absolute Gasteiger partial charge is 0.300 e. The number of rotatable bonds is 2. The molecule has 1 heterocycles. The average Bonchev–Trinajstić information content (AvgIpc) is 2.15. The van der Waals surface area contributed by atoms with E-state index in [4.69, 9.17) is 0 Å². The predicted molar refractivity (Wildman–Crippen MR) is 32.1 cm³/mol. The van der Waals surface area contributed by atoms with E-state index >= 15 is 0 Å². The highest BCUT2D eigenvalue weighted by atomic mass is 32.1. The van der Waals surface area contributed by atoms with Gasteiger partial charge in [-0.3, -0.25) is 4.79 Å². The van der Waals surface area contributed by atoms with Gasteiger partial charge in [-0.1, -0.05) is 4.49 Å². The van der Waals surface area contributed by atoms with E-state index in [1.165, 1.54) is 6.92 Å². The number of Topliss-reactive ketones (excluding diaryl/α,β-unsaturated/α-hetero) is 1. The molecule has 0 aliphatic rings. The second kappa shape index (κ2) is 2.63. The summed E-state index contributed by atoms with van der Waals surface area (Å²) in [5.74, 6) is 0.0913. The Hall–Kier alpha value is -0.840. The first-order chi connectivity index (χ1) is 4.29. The summed E-state index contributed by atoms with van der Waals surface area (Å²) in [7, 11) is 0. The van der Waals surface area contributed by atoms with Gasteiger partial charge in [0.2, 0.25) is 0 Å². The van der Waals surface area contributed by atoms with Crippen LogP contribution in [0.25, 0.3) is 0 Å². The summed E-state index contributed by atoms with van der Waals surface area (Å²) in [4.78, 5) is 10.4. The molecular weight excluding hydrogens is 138 g/mol. The summed E-state index contributed by atoms with van der Waals surface area (Å²) in [5.41, 5.74) is 0. The van der Waals surface area contributed by atoms with Crippen LogP contribution in [-0.4, -0.2) is 20.6 Å². The lowest BCUT2D eigenvalue weighted by Crippen LogP contribution is -1.94. The lowest BCUT2D eigenvalue weighted by atomic mass is 10.3. The van der Waals surface area contributed by atoms with E-state index in [9.17, 15) is 4.79 Å². The Kier molecular flexibility index (Phi) is 1.84. The fraction of sp³-hybridized carbons (Fsp3) is 0.500. The van der Waals surface area contributed by atoms with Crippen molar-refractivity contribution in [2.75, 3.05) is 0 Å². The van der Waals surface area contributed by atoms with Gasteiger partial charge in [-0.15, -0.1) is 5.10 Å². The van der Waals surface area contributed by atoms with E-state index in [1.807, 2.05) is 0 Å². The number of ketones is 1. The standard InChI is InChI=1S/C4H5N3OS/c1-3(8)2-4-5-6-7-9-4/h2H2,1H3. The summed E-state index contributed by atoms with van der Waals surface area (Å²) in [6.45, 7) is 1.52. The van der Waals surface area contributed by atoms with Crippen LogP contribution in [0.4, 0.5) is 0 Å². The van der Waals surface area contributed by atoms with Crippen LogP contribution in [0.3, 0.4) is 0 Å². The second-order valence-corrected chi connectivity index (χ2v) is 2.45. The van der Waals surface area contributed by atoms with E-state index < -0.39 is 0 Å². The van der Waals surface area contributed by atoms with Gasteiger partial charge < -0.3 is 0 Å². The minimum Gasteiger partial charge on any atom is -0.300 e. The van der Waals surface area contributed by atoms with E-state index in [0.29, 0.717) is 11.4 Å². The smallest absolute Gasteiger partial charge is 0.145 e. The first-order valence-corrected chi connectivity index (χ1v) is 3.19. The van der Waals surface area contributed by atoms with Crippen LogP contribution in [0.1, 0.15) is 11.9 Å². The van der Waals surface area contributed by atoms with Gasteiger partial charge >= 0.3 is 0 Å². The van der Waals surface area contributed by atoms with Crippen molar-refractivity contribution in [3.05, 3.63) is 5.01 Å². The Bertz CT molecular complexity index is 196. The van der Waals surface area contributed by atoms with Crippen molar-refractivity contribution in [1.82, 2.24) is 14.8 Å². The zero-order valence-electron chi connectivity index (χ0n) is 4.87. The van der Waals surface area contributed by atoms with Gasteiger partial charge in [0.1, 0.15) is 10.8 Å². The molecule has 5 heteroatoms. The number of carbonyl (C=O) groups is 1. The van der Waals surface area contributed by atoms with Gasteiger partial charge in [0.25, 0.3) is 0 Å². The van der Waals surface area contributed by atoms with Crippen LogP contribution >= 0.6 is 11.5 Å². The van der Waals surface area contributed by atoms with Crippen molar-refractivity contribution in [2.45, 2.75) is 13.3 Å². The van der Waals surface area contributed by atoms with Crippen LogP contribution in [0.5, 0.6) is 0 Å². The van der Waals surface area contributed by atoms with Crippen LogP contribution in [0.15, 0.2) is 0 Å². The molecule has 0 aliphatic carbocycles. The Morgan fingerprint density at radius 1 is 1.78 bits per heavy atom. The lowest BCUT2D eigenvalue weighted by Gasteiger charge is -1.81. The number of hydrogen-bond acceptors (Lipinski definition) is 5. The van der Waals surface area contributed by atoms with Gasteiger partial charge in [0.05, 0.1) is 6.42 Å². The molecule has 0 bridgehead atoms. The van der Waals surface area contributed by atoms with Crippen molar-refractivity contribution >= 4 is 17.3 Å². The summed E-state index contributed by atoms with van der Waals surface area (Å²) in [6, 6.07) is 0. The molecule has 0 saturated heterocycles. The molecule has 1 aromatic heterocycles. The highest BCUT2D eigenvalue weighted by Gasteiger charge is 1.99. The molecule has 0 fully saturated rings. The van der Waals surface area contributed by atoms with Crippen molar-refractivity contribution in [1.29, 1.82) is 0 Å². The predicted octanol–water partition coefficient (Wildman–Crippen LogP) is 0.0646. The van der Waals surface area contributed by atoms with E-state index in [1.54, 1.807) is 0 Å². The van der Waals surface area contributed by atoms with Crippen LogP contribution in [0.2, 0.25) is 0 Å². The monoisotopic (exact) mass is 143 g/mol. The first kappa shape index (κ1) is 6.28. The van der Waals surface area contributed by atoms with E-state index in [2.05, 4.69) is 14.8 Å². The zero-order chi connectivity index (χ0) is 6.69. The molecule has 4 nitrogen and oxygen atoms in total. The van der Waals surface area contributed by atoms with E-state index in [-0.39, 0.29) is 5.78 Å². The number of hydrogen-bond donors (Lipinski definition) is 0. The van der Waals surface area contributed by atoms with Crippen molar-refractivity contribution in [3.63, 3.8) is 0 Å². The third kappa shape index (κ3) is 1.85. The van der Waals surface area contributed by atoms with Crippen LogP contribution in [0, 0.1) is 0 Å². The van der Waals surface area contributed by atoms with Crippen LogP contribution < -0.4 is 0 Å². The van der Waals surface area contributed by atoms with E-state index in [0.717, 1.165) is 11.5 Å². The van der Waals surface area contributed by atoms with Gasteiger partial charge in [-0.05, 0) is 12.1 Å². The summed E-state index contributed by atoms with van der Waals surface area (Å²) in [5, 5.41) is 7.62. The lowest BCUT2D eigenvalue weighted by molar-refractivity contribution is -0.116. The molecule has 1 aromatic rings. The molecule has 0 atom stereocenters. The first-order valence-electron chi connectivity index (χ1n) is 2.42. The fourth-order valence-corrected chi connectivity index (χ4v) is 0.940. The Balaban J connectivity index is 2.58.